The Balaban J connectivity index is 3.05. The van der Waals surface area contributed by atoms with E-state index in [1.807, 2.05) is 12.5 Å². The second kappa shape index (κ2) is 2.84. The topological polar surface area (TPSA) is 15.8 Å². The Hall–Kier alpha value is -0.150. The smallest absolute Gasteiger partial charge is 0.160 e. The van der Waals surface area contributed by atoms with Crippen LogP contribution in [0.2, 0.25) is 5.02 Å². The van der Waals surface area contributed by atoms with Gasteiger partial charge in [0.25, 0.3) is 0 Å². The van der Waals surface area contributed by atoms with Crippen LogP contribution in [0.15, 0.2) is 11.2 Å². The minimum absolute atomic E-state index is 0.246. The maximum atomic E-state index is 12.5. The molecule has 0 fully saturated rings. The van der Waals surface area contributed by atoms with Gasteiger partial charge < -0.3 is 4.98 Å². The SMILES string of the molecule is C[SH](C)c1[nH]cc(F)c1Cl. The van der Waals surface area contributed by atoms with Crippen LogP contribution in [0.5, 0.6) is 0 Å². The van der Waals surface area contributed by atoms with Gasteiger partial charge in [0.15, 0.2) is 5.82 Å². The summed E-state index contributed by atoms with van der Waals surface area (Å²) >= 11 is 5.61. The highest BCUT2D eigenvalue weighted by Gasteiger charge is 2.08. The largest absolute Gasteiger partial charge is 0.354 e. The Kier molecular flexibility index (Phi) is 2.26. The Morgan fingerprint density at radius 1 is 1.60 bits per heavy atom. The third kappa shape index (κ3) is 1.30. The van der Waals surface area contributed by atoms with E-state index in [2.05, 4.69) is 4.98 Å². The number of hydrogen-bond donors (Lipinski definition) is 2. The first-order valence-corrected chi connectivity index (χ1v) is 5.44. The fraction of sp³-hybridized carbons (Fsp3) is 0.333. The van der Waals surface area contributed by atoms with E-state index in [0.717, 1.165) is 5.03 Å². The van der Waals surface area contributed by atoms with Crippen LogP contribution in [0.25, 0.3) is 0 Å². The third-order valence-electron chi connectivity index (χ3n) is 1.20. The number of aromatic nitrogens is 1. The lowest BCUT2D eigenvalue weighted by Gasteiger charge is -2.05. The van der Waals surface area contributed by atoms with Crippen molar-refractivity contribution in [3.05, 3.63) is 17.0 Å². The van der Waals surface area contributed by atoms with Crippen molar-refractivity contribution in [2.75, 3.05) is 12.5 Å². The maximum Gasteiger partial charge on any atom is 0.160 e. The van der Waals surface area contributed by atoms with Gasteiger partial charge in [-0.05, 0) is 12.5 Å². The van der Waals surface area contributed by atoms with Gasteiger partial charge in [0.2, 0.25) is 0 Å². The van der Waals surface area contributed by atoms with E-state index < -0.39 is 0 Å². The summed E-state index contributed by atoms with van der Waals surface area (Å²) in [6.45, 7) is 0. The Morgan fingerprint density at radius 3 is 2.40 bits per heavy atom. The van der Waals surface area contributed by atoms with Gasteiger partial charge in [0.05, 0.1) is 5.03 Å². The molecule has 58 valence electrons. The molecular weight excluding hydrogens is 173 g/mol. The second-order valence-electron chi connectivity index (χ2n) is 2.19. The van der Waals surface area contributed by atoms with Gasteiger partial charge in [-0.15, -0.1) is 0 Å². The summed E-state index contributed by atoms with van der Waals surface area (Å²) in [5.74, 6) is -0.354. The highest BCUT2D eigenvalue weighted by Crippen LogP contribution is 2.34. The molecule has 0 aliphatic carbocycles. The highest BCUT2D eigenvalue weighted by atomic mass is 35.5. The van der Waals surface area contributed by atoms with Gasteiger partial charge in [0, 0.05) is 6.20 Å². The van der Waals surface area contributed by atoms with E-state index >= 15 is 0 Å². The standard InChI is InChI=1S/C6H9ClFNS/c1-10(2)6-5(7)4(8)3-9-6/h3,9-10H,1-2H3. The van der Waals surface area contributed by atoms with Crippen LogP contribution >= 0.6 is 22.5 Å². The summed E-state index contributed by atoms with van der Waals surface area (Å²) in [7, 11) is -0.323. The van der Waals surface area contributed by atoms with E-state index in [1.54, 1.807) is 0 Å². The molecule has 1 N–H and O–H groups in total. The van der Waals surface area contributed by atoms with E-state index in [1.165, 1.54) is 6.20 Å². The molecule has 10 heavy (non-hydrogen) atoms. The molecule has 0 bridgehead atoms. The summed E-state index contributed by atoms with van der Waals surface area (Å²) in [6.07, 6.45) is 5.33. The Bertz CT molecular complexity index is 234. The zero-order valence-electron chi connectivity index (χ0n) is 5.78. The molecular formula is C6H9ClFNS. The molecule has 4 heteroatoms. The van der Waals surface area contributed by atoms with Gasteiger partial charge in [-0.3, -0.25) is 0 Å². The molecule has 1 heterocycles. The van der Waals surface area contributed by atoms with E-state index in [0.29, 0.717) is 0 Å². The summed E-state index contributed by atoms with van der Waals surface area (Å²) < 4.78 is 12.5. The van der Waals surface area contributed by atoms with Crippen LogP contribution in [-0.4, -0.2) is 17.5 Å². The molecule has 0 aliphatic heterocycles. The normalized spacial score (nSPS) is 11.8. The summed E-state index contributed by atoms with van der Waals surface area (Å²) in [5, 5.41) is 1.07. The molecule has 0 saturated heterocycles. The molecule has 1 rings (SSSR count). The molecule has 0 amide bonds. The van der Waals surface area contributed by atoms with Gasteiger partial charge in [-0.25, -0.2) is 15.3 Å². The van der Waals surface area contributed by atoms with Gasteiger partial charge >= 0.3 is 0 Å². The number of hydrogen-bond acceptors (Lipinski definition) is 0. The van der Waals surface area contributed by atoms with E-state index in [-0.39, 0.29) is 21.7 Å². The molecule has 1 aromatic rings. The number of halogens is 2. The first kappa shape index (κ1) is 7.95. The van der Waals surface area contributed by atoms with Crippen molar-refractivity contribution in [3.8, 4) is 0 Å². The zero-order chi connectivity index (χ0) is 7.72. The van der Waals surface area contributed by atoms with E-state index in [4.69, 9.17) is 11.6 Å². The predicted octanol–water partition coefficient (Wildman–Crippen LogP) is 2.43. The molecule has 0 radical (unpaired) electrons. The van der Waals surface area contributed by atoms with Crippen molar-refractivity contribution in [1.82, 2.24) is 4.98 Å². The number of nitrogens with one attached hydrogen (secondary N) is 1. The minimum Gasteiger partial charge on any atom is -0.354 e. The third-order valence-corrected chi connectivity index (χ3v) is 2.95. The van der Waals surface area contributed by atoms with Crippen molar-refractivity contribution in [3.63, 3.8) is 0 Å². The average molecular weight is 182 g/mol. The van der Waals surface area contributed by atoms with Gasteiger partial charge in [0.1, 0.15) is 5.02 Å². The van der Waals surface area contributed by atoms with Crippen molar-refractivity contribution >= 4 is 22.5 Å². The Labute approximate surface area is 66.9 Å². The van der Waals surface area contributed by atoms with Crippen LogP contribution < -0.4 is 0 Å². The fourth-order valence-electron chi connectivity index (χ4n) is 0.697. The summed E-state index contributed by atoms with van der Waals surface area (Å²) in [6, 6.07) is 0. The van der Waals surface area contributed by atoms with Crippen LogP contribution in [0, 0.1) is 5.82 Å². The minimum atomic E-state index is -0.354. The molecule has 1 aromatic heterocycles. The Morgan fingerprint density at radius 2 is 2.20 bits per heavy atom. The van der Waals surface area contributed by atoms with Crippen molar-refractivity contribution in [1.29, 1.82) is 0 Å². The molecule has 0 unspecified atom stereocenters. The molecule has 0 aliphatic rings. The van der Waals surface area contributed by atoms with Crippen molar-refractivity contribution in [2.45, 2.75) is 5.03 Å². The number of aromatic amines is 1. The molecule has 0 aromatic carbocycles. The van der Waals surface area contributed by atoms with Crippen LogP contribution in [0.4, 0.5) is 4.39 Å². The lowest BCUT2D eigenvalue weighted by molar-refractivity contribution is 0.629. The first-order valence-electron chi connectivity index (χ1n) is 2.82. The predicted molar refractivity (Wildman–Crippen MR) is 44.9 cm³/mol. The highest BCUT2D eigenvalue weighted by molar-refractivity contribution is 8.15. The van der Waals surface area contributed by atoms with Crippen molar-refractivity contribution in [2.24, 2.45) is 0 Å². The lowest BCUT2D eigenvalue weighted by Crippen LogP contribution is -1.77. The molecule has 0 atom stereocenters. The molecule has 1 nitrogen and oxygen atoms in total. The fourth-order valence-corrected chi connectivity index (χ4v) is 2.14. The second-order valence-corrected chi connectivity index (χ2v) is 4.81. The molecule has 0 spiro atoms. The van der Waals surface area contributed by atoms with E-state index in [9.17, 15) is 4.39 Å². The van der Waals surface area contributed by atoms with Crippen LogP contribution in [0.1, 0.15) is 0 Å². The number of thiol groups is 1. The number of rotatable bonds is 1. The quantitative estimate of drug-likeness (QED) is 0.619. The van der Waals surface area contributed by atoms with Crippen LogP contribution in [-0.2, 0) is 0 Å². The first-order chi connectivity index (χ1) is 4.63. The number of H-pyrrole nitrogens is 1. The zero-order valence-corrected chi connectivity index (χ0v) is 7.43. The van der Waals surface area contributed by atoms with Gasteiger partial charge in [-0.1, -0.05) is 11.6 Å². The monoisotopic (exact) mass is 181 g/mol. The van der Waals surface area contributed by atoms with Crippen molar-refractivity contribution < 1.29 is 4.39 Å². The maximum absolute atomic E-state index is 12.5. The summed E-state index contributed by atoms with van der Waals surface area (Å²) in [4.78, 5) is 2.80. The molecule has 0 saturated carbocycles. The summed E-state index contributed by atoms with van der Waals surface area (Å²) in [5.41, 5.74) is 0. The average Bonchev–Trinajstić information content (AvgIpc) is 2.14. The lowest BCUT2D eigenvalue weighted by atomic mass is 10.6. The van der Waals surface area contributed by atoms with Crippen LogP contribution in [0.3, 0.4) is 0 Å². The van der Waals surface area contributed by atoms with Gasteiger partial charge in [-0.2, -0.15) is 0 Å².